The van der Waals surface area contributed by atoms with E-state index in [9.17, 15) is 4.79 Å². The lowest BCUT2D eigenvalue weighted by Crippen LogP contribution is -2.01. The fourth-order valence-electron chi connectivity index (χ4n) is 1.91. The third kappa shape index (κ3) is 2.04. The number of aromatic carboxylic acids is 1. The van der Waals surface area contributed by atoms with Crippen LogP contribution in [0.25, 0.3) is 16.0 Å². The van der Waals surface area contributed by atoms with Gasteiger partial charge in [-0.05, 0) is 24.6 Å². The third-order valence-electron chi connectivity index (χ3n) is 2.82. The van der Waals surface area contributed by atoms with Crippen molar-refractivity contribution in [3.05, 3.63) is 33.9 Å². The number of aryl methyl sites for hydroxylation is 1. The first-order chi connectivity index (χ1) is 9.60. The molecule has 8 heteroatoms. The Bertz CT molecular complexity index is 794. The fourth-order valence-corrected chi connectivity index (χ4v) is 2.99. The maximum atomic E-state index is 11.1. The van der Waals surface area contributed by atoms with E-state index in [4.69, 9.17) is 16.7 Å². The Labute approximate surface area is 122 Å². The van der Waals surface area contributed by atoms with Gasteiger partial charge in [-0.15, -0.1) is 21.5 Å². The monoisotopic (exact) mass is 308 g/mol. The minimum atomic E-state index is -0.943. The number of thiophene rings is 1. The third-order valence-corrected chi connectivity index (χ3v) is 4.12. The molecule has 102 valence electrons. The average molecular weight is 309 g/mol. The number of carboxylic acids is 1. The largest absolute Gasteiger partial charge is 0.477 e. The molecule has 0 aromatic carbocycles. The Hall–Kier alpha value is -1.99. The summed E-state index contributed by atoms with van der Waals surface area (Å²) in [5.41, 5.74) is 0.834. The van der Waals surface area contributed by atoms with Crippen molar-refractivity contribution >= 4 is 39.1 Å². The van der Waals surface area contributed by atoms with Crippen molar-refractivity contribution in [2.75, 3.05) is 0 Å². The van der Waals surface area contributed by atoms with Gasteiger partial charge in [-0.2, -0.15) is 5.10 Å². The van der Waals surface area contributed by atoms with Crippen LogP contribution in [-0.4, -0.2) is 31.1 Å². The van der Waals surface area contributed by atoms with Gasteiger partial charge in [0.05, 0.1) is 5.69 Å². The summed E-state index contributed by atoms with van der Waals surface area (Å²) in [5.74, 6) is -0.431. The van der Waals surface area contributed by atoms with E-state index >= 15 is 0 Å². The Balaban J connectivity index is 2.24. The van der Waals surface area contributed by atoms with Crippen molar-refractivity contribution in [3.63, 3.8) is 0 Å². The zero-order valence-corrected chi connectivity index (χ0v) is 11.9. The van der Waals surface area contributed by atoms with Gasteiger partial charge in [-0.1, -0.05) is 18.5 Å². The van der Waals surface area contributed by atoms with Crippen molar-refractivity contribution in [1.82, 2.24) is 20.0 Å². The standard InChI is InChI=1S/C12H9ClN4O2S/c1-2-7-6-5-8(12(18)19)20-11(6)17(16-7)10-4-3-9(13)14-15-10/h3-5H,2H2,1H3,(H,18,19). The second kappa shape index (κ2) is 4.84. The zero-order chi connectivity index (χ0) is 14.3. The van der Waals surface area contributed by atoms with Crippen molar-refractivity contribution in [2.24, 2.45) is 0 Å². The van der Waals surface area contributed by atoms with Crippen LogP contribution in [0.3, 0.4) is 0 Å². The highest BCUT2D eigenvalue weighted by atomic mass is 35.5. The normalized spacial score (nSPS) is 11.1. The first-order valence-electron chi connectivity index (χ1n) is 5.84. The maximum absolute atomic E-state index is 11.1. The molecule has 0 aliphatic rings. The highest BCUT2D eigenvalue weighted by molar-refractivity contribution is 7.20. The SMILES string of the molecule is CCc1nn(-c2ccc(Cl)nn2)c2sc(C(=O)O)cc12. The van der Waals surface area contributed by atoms with E-state index in [1.54, 1.807) is 22.9 Å². The number of fused-ring (bicyclic) bond motifs is 1. The smallest absolute Gasteiger partial charge is 0.345 e. The molecule has 0 fully saturated rings. The van der Waals surface area contributed by atoms with Crippen LogP contribution < -0.4 is 0 Å². The Kier molecular flexibility index (Phi) is 3.15. The van der Waals surface area contributed by atoms with Gasteiger partial charge in [0.1, 0.15) is 9.71 Å². The topological polar surface area (TPSA) is 80.9 Å². The molecule has 0 radical (unpaired) electrons. The fraction of sp³-hybridized carbons (Fsp3) is 0.167. The Morgan fingerprint density at radius 1 is 1.45 bits per heavy atom. The molecule has 0 spiro atoms. The second-order valence-corrected chi connectivity index (χ2v) is 5.48. The van der Waals surface area contributed by atoms with Gasteiger partial charge in [0, 0.05) is 5.39 Å². The molecule has 3 aromatic rings. The molecule has 0 saturated carbocycles. The van der Waals surface area contributed by atoms with Gasteiger partial charge in [0.25, 0.3) is 0 Å². The summed E-state index contributed by atoms with van der Waals surface area (Å²) in [7, 11) is 0. The van der Waals surface area contributed by atoms with Crippen LogP contribution in [-0.2, 0) is 6.42 Å². The van der Waals surface area contributed by atoms with Crippen molar-refractivity contribution in [1.29, 1.82) is 0 Å². The molecule has 0 atom stereocenters. The van der Waals surface area contributed by atoms with Gasteiger partial charge in [0.15, 0.2) is 11.0 Å². The van der Waals surface area contributed by atoms with E-state index in [0.717, 1.165) is 15.9 Å². The molecule has 0 aliphatic heterocycles. The molecule has 3 rings (SSSR count). The molecular weight excluding hydrogens is 300 g/mol. The van der Waals surface area contributed by atoms with Gasteiger partial charge in [-0.3, -0.25) is 0 Å². The molecule has 0 aliphatic carbocycles. The summed E-state index contributed by atoms with van der Waals surface area (Å²) in [6.07, 6.45) is 0.709. The molecule has 1 N–H and O–H groups in total. The number of aromatic nitrogens is 4. The quantitative estimate of drug-likeness (QED) is 0.804. The van der Waals surface area contributed by atoms with E-state index < -0.39 is 5.97 Å². The molecule has 6 nitrogen and oxygen atoms in total. The van der Waals surface area contributed by atoms with Crippen molar-refractivity contribution < 1.29 is 9.90 Å². The van der Waals surface area contributed by atoms with Gasteiger partial charge < -0.3 is 5.11 Å². The molecular formula is C12H9ClN4O2S. The lowest BCUT2D eigenvalue weighted by Gasteiger charge is -1.99. The summed E-state index contributed by atoms with van der Waals surface area (Å²) in [6.45, 7) is 1.97. The van der Waals surface area contributed by atoms with E-state index in [0.29, 0.717) is 17.4 Å². The highest BCUT2D eigenvalue weighted by Crippen LogP contribution is 2.30. The minimum Gasteiger partial charge on any atom is -0.477 e. The Morgan fingerprint density at radius 3 is 2.85 bits per heavy atom. The van der Waals surface area contributed by atoms with Crippen LogP contribution >= 0.6 is 22.9 Å². The molecule has 0 unspecified atom stereocenters. The van der Waals surface area contributed by atoms with Gasteiger partial charge in [0.2, 0.25) is 0 Å². The van der Waals surface area contributed by atoms with E-state index in [-0.39, 0.29) is 4.88 Å². The molecule has 0 saturated heterocycles. The number of nitrogens with zero attached hydrogens (tertiary/aromatic N) is 4. The number of carbonyl (C=O) groups is 1. The molecule has 20 heavy (non-hydrogen) atoms. The second-order valence-electron chi connectivity index (χ2n) is 4.06. The van der Waals surface area contributed by atoms with Gasteiger partial charge in [-0.25, -0.2) is 9.48 Å². The number of carboxylic acid groups (broad SMARTS) is 1. The van der Waals surface area contributed by atoms with E-state index in [1.807, 2.05) is 6.92 Å². The molecule has 3 aromatic heterocycles. The number of hydrogen-bond donors (Lipinski definition) is 1. The van der Waals surface area contributed by atoms with Gasteiger partial charge >= 0.3 is 5.97 Å². The molecule has 3 heterocycles. The van der Waals surface area contributed by atoms with Crippen LogP contribution in [0, 0.1) is 0 Å². The zero-order valence-electron chi connectivity index (χ0n) is 10.4. The Morgan fingerprint density at radius 2 is 2.25 bits per heavy atom. The summed E-state index contributed by atoms with van der Waals surface area (Å²) in [6, 6.07) is 4.96. The maximum Gasteiger partial charge on any atom is 0.345 e. The summed E-state index contributed by atoms with van der Waals surface area (Å²) in [5, 5.41) is 22.5. The van der Waals surface area contributed by atoms with Crippen molar-refractivity contribution in [3.8, 4) is 5.82 Å². The molecule has 0 amide bonds. The predicted molar refractivity (Wildman–Crippen MR) is 75.9 cm³/mol. The summed E-state index contributed by atoms with van der Waals surface area (Å²) in [4.78, 5) is 12.1. The first-order valence-corrected chi connectivity index (χ1v) is 7.04. The minimum absolute atomic E-state index is 0.280. The molecule has 0 bridgehead atoms. The highest BCUT2D eigenvalue weighted by Gasteiger charge is 2.18. The lowest BCUT2D eigenvalue weighted by atomic mass is 10.2. The van der Waals surface area contributed by atoms with Crippen LogP contribution in [0.1, 0.15) is 22.3 Å². The van der Waals surface area contributed by atoms with Crippen molar-refractivity contribution in [2.45, 2.75) is 13.3 Å². The van der Waals surface area contributed by atoms with Crippen LogP contribution in [0.15, 0.2) is 18.2 Å². The first kappa shape index (κ1) is 13.0. The number of halogens is 1. The number of hydrogen-bond acceptors (Lipinski definition) is 5. The van der Waals surface area contributed by atoms with E-state index in [2.05, 4.69) is 15.3 Å². The van der Waals surface area contributed by atoms with Crippen LogP contribution in [0.5, 0.6) is 0 Å². The lowest BCUT2D eigenvalue weighted by molar-refractivity contribution is 0.0702. The van der Waals surface area contributed by atoms with Crippen LogP contribution in [0.4, 0.5) is 0 Å². The summed E-state index contributed by atoms with van der Waals surface area (Å²) >= 11 is 6.88. The summed E-state index contributed by atoms with van der Waals surface area (Å²) < 4.78 is 1.61. The van der Waals surface area contributed by atoms with Crippen LogP contribution in [0.2, 0.25) is 5.15 Å². The average Bonchev–Trinajstić information content (AvgIpc) is 2.98. The number of rotatable bonds is 3. The van der Waals surface area contributed by atoms with E-state index in [1.165, 1.54) is 11.3 Å². The predicted octanol–water partition coefficient (Wildman–Crippen LogP) is 2.79.